The lowest BCUT2D eigenvalue weighted by Crippen LogP contribution is -2.45. The van der Waals surface area contributed by atoms with E-state index < -0.39 is 0 Å². The maximum atomic E-state index is 11.9. The van der Waals surface area contributed by atoms with Crippen LogP contribution in [0.4, 0.5) is 0 Å². The third kappa shape index (κ3) is 2.98. The highest BCUT2D eigenvalue weighted by Gasteiger charge is 2.26. The van der Waals surface area contributed by atoms with Gasteiger partial charge >= 0.3 is 0 Å². The Morgan fingerprint density at radius 2 is 2.38 bits per heavy atom. The van der Waals surface area contributed by atoms with Gasteiger partial charge in [-0.05, 0) is 26.7 Å². The predicted octanol–water partition coefficient (Wildman–Crippen LogP) is 2.51. The Labute approximate surface area is 100 Å². The second-order valence-corrected chi connectivity index (χ2v) is 4.45. The molecule has 4 nitrogen and oxygen atoms in total. The summed E-state index contributed by atoms with van der Waals surface area (Å²) < 4.78 is 5.04. The number of rotatable bonds is 5. The number of nitrogens with zero attached hydrogens (tertiary/aromatic N) is 1. The van der Waals surface area contributed by atoms with Crippen LogP contribution < -0.4 is 5.32 Å². The van der Waals surface area contributed by atoms with Gasteiger partial charge in [-0.15, -0.1) is 11.6 Å². The number of carbonyl (C=O) groups is 1. The SMILES string of the molecule is CCC(C)(CCCl)NC(=O)c1ocnc1C. The standard InChI is InChI=1S/C11H17ClN2O2/c1-4-11(3,5-6-12)14-10(15)9-8(2)13-7-16-9/h7H,4-6H2,1-3H3,(H,14,15). The van der Waals surface area contributed by atoms with Crippen LogP contribution in [0.5, 0.6) is 0 Å². The Morgan fingerprint density at radius 3 is 2.81 bits per heavy atom. The van der Waals surface area contributed by atoms with E-state index in [0.29, 0.717) is 11.6 Å². The van der Waals surface area contributed by atoms with Gasteiger partial charge in [-0.1, -0.05) is 6.92 Å². The Balaban J connectivity index is 2.73. The second-order valence-electron chi connectivity index (χ2n) is 4.07. The van der Waals surface area contributed by atoms with Crippen LogP contribution in [-0.2, 0) is 0 Å². The average molecular weight is 245 g/mol. The predicted molar refractivity (Wildman–Crippen MR) is 62.7 cm³/mol. The van der Waals surface area contributed by atoms with Crippen LogP contribution in [0.1, 0.15) is 42.9 Å². The third-order valence-corrected chi connectivity index (χ3v) is 2.98. The van der Waals surface area contributed by atoms with Gasteiger partial charge in [-0.2, -0.15) is 0 Å². The second kappa shape index (κ2) is 5.34. The first-order valence-electron chi connectivity index (χ1n) is 5.31. The summed E-state index contributed by atoms with van der Waals surface area (Å²) in [6.07, 6.45) is 2.82. The fraction of sp³-hybridized carbons (Fsp3) is 0.636. The summed E-state index contributed by atoms with van der Waals surface area (Å²) in [5.74, 6) is 0.554. The van der Waals surface area contributed by atoms with E-state index in [4.69, 9.17) is 16.0 Å². The third-order valence-electron chi connectivity index (χ3n) is 2.79. The molecule has 0 bridgehead atoms. The number of oxazole rings is 1. The van der Waals surface area contributed by atoms with Crippen molar-refractivity contribution in [2.75, 3.05) is 5.88 Å². The van der Waals surface area contributed by atoms with E-state index in [1.165, 1.54) is 6.39 Å². The lowest BCUT2D eigenvalue weighted by atomic mass is 9.95. The molecule has 0 saturated carbocycles. The molecule has 1 atom stereocenters. The summed E-state index contributed by atoms with van der Waals surface area (Å²) in [5, 5.41) is 2.93. The van der Waals surface area contributed by atoms with Crippen LogP contribution in [0.25, 0.3) is 0 Å². The van der Waals surface area contributed by atoms with Crippen LogP contribution in [0.15, 0.2) is 10.8 Å². The highest BCUT2D eigenvalue weighted by atomic mass is 35.5. The minimum absolute atomic E-state index is 0.232. The average Bonchev–Trinajstić information content (AvgIpc) is 2.65. The van der Waals surface area contributed by atoms with Crippen molar-refractivity contribution in [1.82, 2.24) is 10.3 Å². The first kappa shape index (κ1) is 13.0. The number of carbonyl (C=O) groups excluding carboxylic acids is 1. The van der Waals surface area contributed by atoms with Gasteiger partial charge < -0.3 is 9.73 Å². The minimum Gasteiger partial charge on any atom is -0.438 e. The quantitative estimate of drug-likeness (QED) is 0.810. The monoisotopic (exact) mass is 244 g/mol. The van der Waals surface area contributed by atoms with Gasteiger partial charge in [0.15, 0.2) is 6.39 Å². The van der Waals surface area contributed by atoms with Crippen molar-refractivity contribution in [2.45, 2.75) is 39.2 Å². The number of hydrogen-bond donors (Lipinski definition) is 1. The van der Waals surface area contributed by atoms with E-state index in [9.17, 15) is 4.79 Å². The lowest BCUT2D eigenvalue weighted by Gasteiger charge is -2.28. The highest BCUT2D eigenvalue weighted by molar-refractivity contribution is 6.17. The van der Waals surface area contributed by atoms with E-state index in [1.807, 2.05) is 13.8 Å². The van der Waals surface area contributed by atoms with Gasteiger partial charge in [-0.25, -0.2) is 4.98 Å². The van der Waals surface area contributed by atoms with Crippen LogP contribution in [0.3, 0.4) is 0 Å². The smallest absolute Gasteiger partial charge is 0.289 e. The molecule has 90 valence electrons. The molecule has 0 aliphatic heterocycles. The molecular weight excluding hydrogens is 228 g/mol. The van der Waals surface area contributed by atoms with Crippen LogP contribution in [-0.4, -0.2) is 22.3 Å². The summed E-state index contributed by atoms with van der Waals surface area (Å²) in [5.41, 5.74) is 0.305. The molecule has 1 aromatic heterocycles. The Morgan fingerprint density at radius 1 is 1.69 bits per heavy atom. The van der Waals surface area contributed by atoms with E-state index >= 15 is 0 Å². The molecule has 0 aliphatic rings. The van der Waals surface area contributed by atoms with Gasteiger partial charge in [0.25, 0.3) is 5.91 Å². The van der Waals surface area contributed by atoms with Crippen molar-refractivity contribution in [2.24, 2.45) is 0 Å². The van der Waals surface area contributed by atoms with Crippen molar-refractivity contribution in [3.8, 4) is 0 Å². The van der Waals surface area contributed by atoms with Crippen molar-refractivity contribution < 1.29 is 9.21 Å². The molecule has 1 aromatic rings. The Bertz CT molecular complexity index is 365. The topological polar surface area (TPSA) is 55.1 Å². The van der Waals surface area contributed by atoms with Crippen molar-refractivity contribution in [3.05, 3.63) is 17.8 Å². The molecule has 1 rings (SSSR count). The van der Waals surface area contributed by atoms with E-state index in [-0.39, 0.29) is 17.2 Å². The lowest BCUT2D eigenvalue weighted by molar-refractivity contribution is 0.0872. The van der Waals surface area contributed by atoms with Crippen molar-refractivity contribution in [3.63, 3.8) is 0 Å². The number of aromatic nitrogens is 1. The van der Waals surface area contributed by atoms with Gasteiger partial charge in [0.05, 0.1) is 5.69 Å². The molecule has 16 heavy (non-hydrogen) atoms. The minimum atomic E-state index is -0.294. The molecule has 0 spiro atoms. The summed E-state index contributed by atoms with van der Waals surface area (Å²) in [6.45, 7) is 5.72. The van der Waals surface area contributed by atoms with Gasteiger partial charge in [0.2, 0.25) is 5.76 Å². The molecule has 0 aliphatic carbocycles. The summed E-state index contributed by atoms with van der Waals surface area (Å²) in [6, 6.07) is 0. The largest absolute Gasteiger partial charge is 0.438 e. The molecule has 0 fully saturated rings. The number of amides is 1. The van der Waals surface area contributed by atoms with Crippen molar-refractivity contribution in [1.29, 1.82) is 0 Å². The summed E-state index contributed by atoms with van der Waals surface area (Å²) >= 11 is 5.72. The van der Waals surface area contributed by atoms with Crippen LogP contribution in [0.2, 0.25) is 0 Å². The van der Waals surface area contributed by atoms with E-state index in [0.717, 1.165) is 12.8 Å². The van der Waals surface area contributed by atoms with Crippen molar-refractivity contribution >= 4 is 17.5 Å². The number of aryl methyl sites for hydroxylation is 1. The molecule has 1 amide bonds. The maximum absolute atomic E-state index is 11.9. The zero-order valence-corrected chi connectivity index (χ0v) is 10.6. The molecular formula is C11H17ClN2O2. The first-order chi connectivity index (χ1) is 7.52. The number of alkyl halides is 1. The molecule has 0 saturated heterocycles. The molecule has 1 unspecified atom stereocenters. The number of hydrogen-bond acceptors (Lipinski definition) is 3. The zero-order chi connectivity index (χ0) is 12.2. The molecule has 1 N–H and O–H groups in total. The highest BCUT2D eigenvalue weighted by Crippen LogP contribution is 2.17. The van der Waals surface area contributed by atoms with E-state index in [1.54, 1.807) is 6.92 Å². The Hall–Kier alpha value is -1.03. The first-order valence-corrected chi connectivity index (χ1v) is 5.84. The van der Waals surface area contributed by atoms with Crippen LogP contribution >= 0.6 is 11.6 Å². The fourth-order valence-corrected chi connectivity index (χ4v) is 1.80. The van der Waals surface area contributed by atoms with E-state index in [2.05, 4.69) is 10.3 Å². The fourth-order valence-electron chi connectivity index (χ4n) is 1.39. The van der Waals surface area contributed by atoms with Crippen LogP contribution in [0, 0.1) is 6.92 Å². The molecule has 0 aromatic carbocycles. The Kier molecular flexibility index (Phi) is 4.35. The normalized spacial score (nSPS) is 14.5. The summed E-state index contributed by atoms with van der Waals surface area (Å²) in [4.78, 5) is 15.8. The van der Waals surface area contributed by atoms with Gasteiger partial charge in [0.1, 0.15) is 0 Å². The van der Waals surface area contributed by atoms with Gasteiger partial charge in [0, 0.05) is 11.4 Å². The maximum Gasteiger partial charge on any atom is 0.289 e. The number of halogens is 1. The molecule has 0 radical (unpaired) electrons. The number of nitrogens with one attached hydrogen (secondary N) is 1. The molecule has 5 heteroatoms. The van der Waals surface area contributed by atoms with Gasteiger partial charge in [-0.3, -0.25) is 4.79 Å². The zero-order valence-electron chi connectivity index (χ0n) is 9.84. The molecule has 1 heterocycles. The summed E-state index contributed by atoms with van der Waals surface area (Å²) in [7, 11) is 0.